The van der Waals surface area contributed by atoms with Gasteiger partial charge < -0.3 is 46.1 Å². The quantitative estimate of drug-likeness (QED) is 0.0494. The molecule has 14 heteroatoms. The van der Waals surface area contributed by atoms with E-state index in [0.717, 1.165) is 109 Å². The molecule has 64 heavy (non-hydrogen) atoms. The zero-order valence-electron chi connectivity index (χ0n) is 39.9. The zero-order valence-corrected chi connectivity index (χ0v) is 39.9. The number of fused-ring (bicyclic) bond motifs is 8. The van der Waals surface area contributed by atoms with Gasteiger partial charge in [-0.25, -0.2) is 9.78 Å². The Morgan fingerprint density at radius 1 is 0.750 bits per heavy atom. The van der Waals surface area contributed by atoms with Gasteiger partial charge in [0.15, 0.2) is 0 Å². The van der Waals surface area contributed by atoms with Gasteiger partial charge in [0.05, 0.1) is 29.1 Å². The van der Waals surface area contributed by atoms with E-state index in [0.29, 0.717) is 55.1 Å². The Morgan fingerprint density at radius 2 is 1.34 bits per heavy atom. The number of hydrogen-bond donors (Lipinski definition) is 7. The molecule has 2 aliphatic rings. The molecule has 2 aliphatic heterocycles. The number of carboxylic acids is 1. The molecule has 0 saturated heterocycles. The van der Waals surface area contributed by atoms with Crippen LogP contribution in [0.2, 0.25) is 0 Å². The van der Waals surface area contributed by atoms with E-state index >= 15 is 0 Å². The van der Waals surface area contributed by atoms with Crippen molar-refractivity contribution in [3.63, 3.8) is 0 Å². The van der Waals surface area contributed by atoms with Gasteiger partial charge >= 0.3 is 5.97 Å². The number of likely N-dealkylation sites (N-methyl/N-ethyl adjacent to an activating group) is 2. The van der Waals surface area contributed by atoms with Gasteiger partial charge in [-0.15, -0.1) is 0 Å². The molecule has 0 aromatic carbocycles. The summed E-state index contributed by atoms with van der Waals surface area (Å²) in [4.78, 5) is 63.2. The minimum absolute atomic E-state index is 0.0439. The average Bonchev–Trinajstić information content (AvgIpc) is 3.96. The molecule has 0 unspecified atom stereocenters. The summed E-state index contributed by atoms with van der Waals surface area (Å²) < 4.78 is 0. The van der Waals surface area contributed by atoms with E-state index in [9.17, 15) is 19.5 Å². The van der Waals surface area contributed by atoms with Gasteiger partial charge in [0.25, 0.3) is 0 Å². The second-order valence-electron chi connectivity index (χ2n) is 17.0. The van der Waals surface area contributed by atoms with Crippen molar-refractivity contribution in [2.75, 3.05) is 78.5 Å². The van der Waals surface area contributed by atoms with Crippen LogP contribution in [-0.2, 0) is 27.2 Å². The summed E-state index contributed by atoms with van der Waals surface area (Å²) >= 11 is 0. The molecule has 2 amide bonds. The molecule has 0 aliphatic carbocycles. The van der Waals surface area contributed by atoms with Gasteiger partial charge in [-0.05, 0) is 100 Å². The van der Waals surface area contributed by atoms with Crippen molar-refractivity contribution in [1.82, 2.24) is 51.0 Å². The van der Waals surface area contributed by atoms with Crippen LogP contribution in [0.15, 0.2) is 24.8 Å². The van der Waals surface area contributed by atoms with Crippen LogP contribution in [0.4, 0.5) is 0 Å². The number of allylic oxidation sites excluding steroid dienone is 1. The van der Waals surface area contributed by atoms with Gasteiger partial charge in [0.2, 0.25) is 11.8 Å². The van der Waals surface area contributed by atoms with E-state index in [1.807, 2.05) is 18.2 Å². The molecule has 0 radical (unpaired) electrons. The molecule has 5 heterocycles. The monoisotopic (exact) mass is 879 g/mol. The molecule has 348 valence electrons. The zero-order chi connectivity index (χ0) is 46.5. The molecule has 0 spiro atoms. The lowest BCUT2D eigenvalue weighted by atomic mass is 9.84. The normalized spacial score (nSPS) is 15.0. The number of carbonyl (C=O) groups excluding carboxylic acids is 2. The number of amides is 2. The van der Waals surface area contributed by atoms with Crippen molar-refractivity contribution in [1.29, 1.82) is 0 Å². The lowest BCUT2D eigenvalue weighted by Gasteiger charge is -2.19. The number of aliphatic carboxylic acids is 1. The topological polar surface area (TPSA) is 183 Å². The molecule has 0 saturated carbocycles. The van der Waals surface area contributed by atoms with Crippen LogP contribution in [0.3, 0.4) is 0 Å². The second-order valence-corrected chi connectivity index (χ2v) is 17.0. The standard InChI is InChI=1S/C50H74N10O4/c1-11-35-31(7)39-28-41-33(9)37(17-18-45(61)53-21-19-51-23-25-59(13-3)14-4)48(57-41)38(27-46(62)54-22-20-52-24-26-60(15-5)16-6)49-47(50(63)64)34(10)42(58-49)30-44-36(12-2)32(8)40(56-44)29-43(35)55-39/h11,28-30,33,37,51-52,55-56H,1,12-27H2,2-10H3,(H,53,61)(H,54,62)(H,63,64)/t33-,37-/m0/s1. The molecule has 14 nitrogen and oxygen atoms in total. The highest BCUT2D eigenvalue weighted by Crippen LogP contribution is 2.43. The van der Waals surface area contributed by atoms with Crippen molar-refractivity contribution < 1.29 is 19.5 Å². The van der Waals surface area contributed by atoms with Gasteiger partial charge in [0, 0.05) is 110 Å². The third-order valence-electron chi connectivity index (χ3n) is 13.2. The first-order chi connectivity index (χ1) is 30.8. The Bertz CT molecular complexity index is 2340. The number of aromatic nitrogens is 4. The van der Waals surface area contributed by atoms with E-state index in [4.69, 9.17) is 9.97 Å². The number of aromatic amines is 2. The fourth-order valence-electron chi connectivity index (χ4n) is 9.08. The minimum Gasteiger partial charge on any atom is -0.478 e. The van der Waals surface area contributed by atoms with Crippen LogP contribution in [0.1, 0.15) is 124 Å². The van der Waals surface area contributed by atoms with Crippen LogP contribution < -0.4 is 21.3 Å². The smallest absolute Gasteiger partial charge is 0.338 e. The fraction of sp³-hybridized carbons (Fsp3) is 0.540. The van der Waals surface area contributed by atoms with Crippen LogP contribution >= 0.6 is 0 Å². The molecular weight excluding hydrogens is 805 g/mol. The summed E-state index contributed by atoms with van der Waals surface area (Å²) in [5, 5.41) is 23.9. The third kappa shape index (κ3) is 11.9. The first kappa shape index (κ1) is 49.9. The number of aryl methyl sites for hydroxylation is 3. The first-order valence-electron chi connectivity index (χ1n) is 23.5. The number of nitrogens with one attached hydrogen (secondary N) is 6. The summed E-state index contributed by atoms with van der Waals surface area (Å²) in [5.74, 6) is -1.95. The molecule has 2 atom stereocenters. The Balaban J connectivity index is 1.62. The maximum atomic E-state index is 14.1. The second kappa shape index (κ2) is 23.7. The van der Waals surface area contributed by atoms with E-state index in [-0.39, 0.29) is 47.8 Å². The van der Waals surface area contributed by atoms with Crippen molar-refractivity contribution in [2.45, 2.75) is 99.8 Å². The molecule has 8 bridgehead atoms. The maximum Gasteiger partial charge on any atom is 0.338 e. The Labute approximate surface area is 380 Å². The van der Waals surface area contributed by atoms with Gasteiger partial charge in [-0.1, -0.05) is 54.2 Å². The Kier molecular flexibility index (Phi) is 18.5. The number of rotatable bonds is 24. The number of H-pyrrole nitrogens is 2. The van der Waals surface area contributed by atoms with Gasteiger partial charge in [0.1, 0.15) is 0 Å². The number of carboxylic acid groups (broad SMARTS) is 1. The van der Waals surface area contributed by atoms with E-state index in [2.05, 4.69) is 109 Å². The minimum atomic E-state index is -1.13. The highest BCUT2D eigenvalue weighted by molar-refractivity contribution is 6.24. The van der Waals surface area contributed by atoms with E-state index in [1.54, 1.807) is 6.92 Å². The van der Waals surface area contributed by atoms with Gasteiger partial charge in [-0.2, -0.15) is 0 Å². The highest BCUT2D eigenvalue weighted by Gasteiger charge is 2.35. The van der Waals surface area contributed by atoms with Crippen molar-refractivity contribution in [3.05, 3.63) is 75.4 Å². The van der Waals surface area contributed by atoms with Gasteiger partial charge in [-0.3, -0.25) is 14.6 Å². The first-order valence-corrected chi connectivity index (χ1v) is 23.5. The summed E-state index contributed by atoms with van der Waals surface area (Å²) in [6.45, 7) is 32.5. The Hall–Kier alpha value is -5.15. The SMILES string of the molecule is C=Cc1c(C)c2cc3nc(c(CC(=O)NCCNCCN(CC)CC)c4nc(cc5[nH]c(cc1[nH]2)c(C)c5CC)C(C)=C4C(=O)O)[C@@H](CCC(=O)NCCNCCN(CC)CC)[C@@H]3C. The molecule has 7 N–H and O–H groups in total. The van der Waals surface area contributed by atoms with Crippen molar-refractivity contribution in [3.8, 4) is 0 Å². The Morgan fingerprint density at radius 3 is 1.92 bits per heavy atom. The average molecular weight is 879 g/mol. The number of carbonyl (C=O) groups is 3. The summed E-state index contributed by atoms with van der Waals surface area (Å²) in [5.41, 5.74) is 10.8. The van der Waals surface area contributed by atoms with Crippen LogP contribution in [0, 0.1) is 13.8 Å². The fourth-order valence-corrected chi connectivity index (χ4v) is 9.08. The molecule has 5 rings (SSSR count). The molecular formula is C50H74N10O4. The lowest BCUT2D eigenvalue weighted by Crippen LogP contribution is -2.37. The summed E-state index contributed by atoms with van der Waals surface area (Å²) in [6, 6.07) is 6.07. The van der Waals surface area contributed by atoms with Crippen molar-refractivity contribution in [2.24, 2.45) is 0 Å². The predicted octanol–water partition coefficient (Wildman–Crippen LogP) is 6.46. The van der Waals surface area contributed by atoms with E-state index < -0.39 is 5.97 Å². The maximum absolute atomic E-state index is 14.1. The molecule has 0 fully saturated rings. The largest absolute Gasteiger partial charge is 0.478 e. The van der Waals surface area contributed by atoms with Crippen LogP contribution in [-0.4, -0.2) is 131 Å². The van der Waals surface area contributed by atoms with E-state index in [1.165, 1.54) is 0 Å². The van der Waals surface area contributed by atoms with Crippen molar-refractivity contribution >= 4 is 57.1 Å². The van der Waals surface area contributed by atoms with Crippen LogP contribution in [0.5, 0.6) is 0 Å². The number of hydrogen-bond acceptors (Lipinski definition) is 9. The summed E-state index contributed by atoms with van der Waals surface area (Å²) in [7, 11) is 0. The number of nitrogens with zero attached hydrogens (tertiary/aromatic N) is 4. The highest BCUT2D eigenvalue weighted by atomic mass is 16.4. The predicted molar refractivity (Wildman–Crippen MR) is 261 cm³/mol. The van der Waals surface area contributed by atoms with Crippen LogP contribution in [0.25, 0.3) is 39.3 Å². The molecule has 3 aromatic rings. The lowest BCUT2D eigenvalue weighted by molar-refractivity contribution is -0.130. The molecule has 3 aromatic heterocycles. The third-order valence-corrected chi connectivity index (χ3v) is 13.2. The summed E-state index contributed by atoms with van der Waals surface area (Å²) in [6.07, 6.45) is 3.14.